The topological polar surface area (TPSA) is 146 Å². The van der Waals surface area contributed by atoms with Crippen LogP contribution in [0.5, 0.6) is 5.75 Å². The van der Waals surface area contributed by atoms with Crippen molar-refractivity contribution < 1.29 is 14.2 Å². The first-order chi connectivity index (χ1) is 15.4. The first kappa shape index (κ1) is 21.2. The first-order valence-corrected chi connectivity index (χ1v) is 10.3. The van der Waals surface area contributed by atoms with Gasteiger partial charge in [-0.15, -0.1) is 16.4 Å². The number of hydrogen-bond donors (Lipinski definition) is 2. The normalized spacial score (nSPS) is 11.6. The van der Waals surface area contributed by atoms with E-state index < -0.39 is 5.91 Å². The summed E-state index contributed by atoms with van der Waals surface area (Å²) in [6, 6.07) is 9.11. The zero-order chi connectivity index (χ0) is 22.8. The Hall–Kier alpha value is -4.06. The fourth-order valence-electron chi connectivity index (χ4n) is 3.19. The van der Waals surface area contributed by atoms with Crippen LogP contribution in [0.15, 0.2) is 40.1 Å². The third kappa shape index (κ3) is 3.95. The maximum absolute atomic E-state index is 13.0. The van der Waals surface area contributed by atoms with E-state index in [-0.39, 0.29) is 17.3 Å². The summed E-state index contributed by atoms with van der Waals surface area (Å²) in [4.78, 5) is 15.3. The summed E-state index contributed by atoms with van der Waals surface area (Å²) in [5, 5.41) is 19.7. The fraction of sp³-hybridized carbons (Fsp3) is 0.200. The molecule has 0 spiro atoms. The van der Waals surface area contributed by atoms with Crippen molar-refractivity contribution in [1.29, 1.82) is 0 Å². The number of hydrogen-bond acceptors (Lipinski definition) is 10. The van der Waals surface area contributed by atoms with Gasteiger partial charge in [0.05, 0.1) is 12.8 Å². The number of hydrazone groups is 1. The van der Waals surface area contributed by atoms with Crippen LogP contribution in [-0.4, -0.2) is 44.0 Å². The van der Waals surface area contributed by atoms with Gasteiger partial charge in [-0.1, -0.05) is 17.3 Å². The van der Waals surface area contributed by atoms with E-state index >= 15 is 0 Å². The number of nitrogens with two attached hydrogens (primary N) is 1. The minimum absolute atomic E-state index is 0.00294. The molecular formula is C20H20N8O3S. The Bertz CT molecular complexity index is 1320. The Morgan fingerprint density at radius 3 is 2.75 bits per heavy atom. The molecule has 1 aromatic carbocycles. The molecule has 0 atom stereocenters. The second-order valence-electron chi connectivity index (χ2n) is 6.87. The lowest BCUT2D eigenvalue weighted by molar-refractivity contribution is 0.0950. The number of nitrogens with one attached hydrogen (secondary N) is 1. The second kappa shape index (κ2) is 8.59. The summed E-state index contributed by atoms with van der Waals surface area (Å²) < 4.78 is 11.3. The highest BCUT2D eigenvalue weighted by molar-refractivity contribution is 7.12. The molecule has 4 rings (SSSR count). The molecule has 3 N–H and O–H groups in total. The molecule has 12 heteroatoms. The van der Waals surface area contributed by atoms with Crippen LogP contribution in [0, 0.1) is 13.8 Å². The number of thiophene rings is 1. The van der Waals surface area contributed by atoms with Gasteiger partial charge in [0.15, 0.2) is 5.69 Å². The Morgan fingerprint density at radius 2 is 2.09 bits per heavy atom. The molecule has 32 heavy (non-hydrogen) atoms. The zero-order valence-corrected chi connectivity index (χ0v) is 18.6. The highest BCUT2D eigenvalue weighted by atomic mass is 32.1. The molecule has 4 aromatic rings. The van der Waals surface area contributed by atoms with Crippen molar-refractivity contribution in [3.8, 4) is 22.8 Å². The number of nitrogen functional groups attached to an aromatic ring is 1. The van der Waals surface area contributed by atoms with Gasteiger partial charge in [0, 0.05) is 20.9 Å². The molecule has 0 saturated heterocycles. The van der Waals surface area contributed by atoms with Crippen LogP contribution in [0.3, 0.4) is 0 Å². The van der Waals surface area contributed by atoms with Crippen LogP contribution in [-0.2, 0) is 0 Å². The number of rotatable bonds is 6. The minimum Gasteiger partial charge on any atom is -0.497 e. The Kier molecular flexibility index (Phi) is 5.69. The predicted octanol–water partition coefficient (Wildman–Crippen LogP) is 2.74. The number of nitrogens with zero attached hydrogens (tertiary/aromatic N) is 6. The van der Waals surface area contributed by atoms with E-state index in [4.69, 9.17) is 10.5 Å². The quantitative estimate of drug-likeness (QED) is 0.335. The Labute approximate surface area is 186 Å². The van der Waals surface area contributed by atoms with Crippen LogP contribution < -0.4 is 15.9 Å². The molecule has 0 unspecified atom stereocenters. The number of aromatic nitrogens is 5. The monoisotopic (exact) mass is 452 g/mol. The van der Waals surface area contributed by atoms with Crippen molar-refractivity contribution in [2.45, 2.75) is 20.8 Å². The number of anilines is 1. The number of amides is 1. The van der Waals surface area contributed by atoms with Gasteiger partial charge in [0.1, 0.15) is 11.4 Å². The van der Waals surface area contributed by atoms with Crippen molar-refractivity contribution in [3.05, 3.63) is 51.3 Å². The van der Waals surface area contributed by atoms with Crippen molar-refractivity contribution in [2.24, 2.45) is 5.10 Å². The number of benzene rings is 1. The minimum atomic E-state index is -0.548. The van der Waals surface area contributed by atoms with Gasteiger partial charge in [-0.25, -0.2) is 10.1 Å². The highest BCUT2D eigenvalue weighted by Gasteiger charge is 2.25. The molecule has 0 bridgehead atoms. The lowest BCUT2D eigenvalue weighted by Crippen LogP contribution is -2.21. The highest BCUT2D eigenvalue weighted by Crippen LogP contribution is 2.29. The summed E-state index contributed by atoms with van der Waals surface area (Å²) >= 11 is 1.67. The molecule has 1 amide bonds. The van der Waals surface area contributed by atoms with Gasteiger partial charge < -0.3 is 10.5 Å². The van der Waals surface area contributed by atoms with Gasteiger partial charge in [0.2, 0.25) is 11.6 Å². The number of aryl methyl sites for hydroxylation is 2. The van der Waals surface area contributed by atoms with Gasteiger partial charge in [0.25, 0.3) is 5.91 Å². The molecule has 0 saturated carbocycles. The first-order valence-electron chi connectivity index (χ1n) is 9.49. The average molecular weight is 453 g/mol. The van der Waals surface area contributed by atoms with Crippen molar-refractivity contribution >= 4 is 28.8 Å². The van der Waals surface area contributed by atoms with E-state index in [9.17, 15) is 4.79 Å². The SMILES string of the molecule is COc1cccc(-c2c(C(=O)N/N=C(/C)c3cc(C)sc3C)nnn2-c2nonc2N)c1. The maximum atomic E-state index is 13.0. The largest absolute Gasteiger partial charge is 0.497 e. The molecule has 11 nitrogen and oxygen atoms in total. The third-order valence-electron chi connectivity index (χ3n) is 4.68. The molecule has 0 aliphatic carbocycles. The zero-order valence-electron chi connectivity index (χ0n) is 17.8. The molecule has 0 aliphatic heterocycles. The Balaban J connectivity index is 1.74. The van der Waals surface area contributed by atoms with Crippen LogP contribution in [0.1, 0.15) is 32.7 Å². The van der Waals surface area contributed by atoms with Gasteiger partial charge in [-0.3, -0.25) is 4.79 Å². The average Bonchev–Trinajstić information content (AvgIpc) is 3.49. The molecule has 0 radical (unpaired) electrons. The van der Waals surface area contributed by atoms with E-state index in [0.717, 1.165) is 10.4 Å². The van der Waals surface area contributed by atoms with Crippen LogP contribution in [0.2, 0.25) is 0 Å². The molecule has 3 heterocycles. The van der Waals surface area contributed by atoms with Crippen molar-refractivity contribution in [1.82, 2.24) is 30.7 Å². The number of methoxy groups -OCH3 is 1. The smallest absolute Gasteiger partial charge is 0.294 e. The molecule has 0 aliphatic rings. The van der Waals surface area contributed by atoms with Crippen LogP contribution in [0.4, 0.5) is 5.82 Å². The fourth-order valence-corrected chi connectivity index (χ4v) is 4.16. The van der Waals surface area contributed by atoms with Gasteiger partial charge >= 0.3 is 0 Å². The van der Waals surface area contributed by atoms with E-state index in [1.165, 1.54) is 9.56 Å². The molecule has 0 fully saturated rings. The summed E-state index contributed by atoms with van der Waals surface area (Å²) in [5.41, 5.74) is 11.0. The summed E-state index contributed by atoms with van der Waals surface area (Å²) in [7, 11) is 1.55. The molecular weight excluding hydrogens is 432 g/mol. The number of ether oxygens (including phenoxy) is 1. The number of carbonyl (C=O) groups is 1. The summed E-state index contributed by atoms with van der Waals surface area (Å²) in [5.74, 6) is 0.152. The maximum Gasteiger partial charge on any atom is 0.294 e. The van der Waals surface area contributed by atoms with E-state index in [2.05, 4.69) is 35.8 Å². The number of carbonyl (C=O) groups excluding carboxylic acids is 1. The van der Waals surface area contributed by atoms with E-state index in [0.29, 0.717) is 22.7 Å². The van der Waals surface area contributed by atoms with Crippen LogP contribution in [0.25, 0.3) is 17.1 Å². The standard InChI is InChI=1S/C20H20N8O3S/c1-10-8-15(12(3)32-10)11(2)22-24-20(29)16-17(13-6-5-7-14(9-13)30-4)28(27-23-16)19-18(21)25-31-26-19/h5-9H,1-4H3,(H2,21,25)(H,24,29)/b22-11-. The lowest BCUT2D eigenvalue weighted by Gasteiger charge is -2.08. The summed E-state index contributed by atoms with van der Waals surface area (Å²) in [6.45, 7) is 5.86. The van der Waals surface area contributed by atoms with Crippen molar-refractivity contribution in [3.63, 3.8) is 0 Å². The molecule has 164 valence electrons. The van der Waals surface area contributed by atoms with Gasteiger partial charge in [-0.05, 0) is 49.3 Å². The van der Waals surface area contributed by atoms with E-state index in [1.54, 1.807) is 42.7 Å². The van der Waals surface area contributed by atoms with Crippen LogP contribution >= 0.6 is 11.3 Å². The van der Waals surface area contributed by atoms with Gasteiger partial charge in [-0.2, -0.15) is 9.78 Å². The Morgan fingerprint density at radius 1 is 1.28 bits per heavy atom. The predicted molar refractivity (Wildman–Crippen MR) is 119 cm³/mol. The van der Waals surface area contributed by atoms with E-state index in [1.807, 2.05) is 26.8 Å². The third-order valence-corrected chi connectivity index (χ3v) is 5.65. The summed E-state index contributed by atoms with van der Waals surface area (Å²) in [6.07, 6.45) is 0. The molecule has 3 aromatic heterocycles. The van der Waals surface area contributed by atoms with Crippen molar-refractivity contribution in [2.75, 3.05) is 12.8 Å². The second-order valence-corrected chi connectivity index (χ2v) is 8.33. The lowest BCUT2D eigenvalue weighted by atomic mass is 10.1.